The summed E-state index contributed by atoms with van der Waals surface area (Å²) < 4.78 is 2.48. The number of nitriles is 1. The van der Waals surface area contributed by atoms with E-state index in [1.165, 1.54) is 0 Å². The second-order valence-corrected chi connectivity index (χ2v) is 4.53. The van der Waals surface area contributed by atoms with Gasteiger partial charge in [0.1, 0.15) is 5.82 Å². The largest absolute Gasteiger partial charge is 0.272 e. The molecule has 2 rings (SSSR count). The maximum absolute atomic E-state index is 8.98. The number of hydrogen-bond donors (Lipinski definition) is 1. The molecule has 0 fully saturated rings. The zero-order chi connectivity index (χ0) is 13.1. The number of benzene rings is 1. The molecule has 4 nitrogen and oxygen atoms in total. The first-order chi connectivity index (χ1) is 8.67. The summed E-state index contributed by atoms with van der Waals surface area (Å²) in [5, 5.41) is 16.0. The fourth-order valence-electron chi connectivity index (χ4n) is 1.89. The average molecular weight is 258 g/mol. The van der Waals surface area contributed by atoms with Crippen molar-refractivity contribution in [2.24, 2.45) is 0 Å². The van der Waals surface area contributed by atoms with Crippen LogP contribution in [-0.2, 0) is 6.42 Å². The number of aromatic amines is 1. The predicted molar refractivity (Wildman–Crippen MR) is 72.2 cm³/mol. The minimum atomic E-state index is 0.566. The highest BCUT2D eigenvalue weighted by Crippen LogP contribution is 2.18. The lowest BCUT2D eigenvalue weighted by atomic mass is 10.1. The van der Waals surface area contributed by atoms with Gasteiger partial charge in [-0.2, -0.15) is 10.4 Å². The molecule has 1 aromatic heterocycles. The third-order valence-electron chi connectivity index (χ3n) is 2.79. The van der Waals surface area contributed by atoms with E-state index in [2.05, 4.69) is 23.2 Å². The molecule has 0 saturated carbocycles. The molecule has 0 unspecified atom stereocenters. The van der Waals surface area contributed by atoms with Crippen LogP contribution < -0.4 is 0 Å². The van der Waals surface area contributed by atoms with Crippen molar-refractivity contribution in [1.29, 1.82) is 5.26 Å². The van der Waals surface area contributed by atoms with Crippen molar-refractivity contribution in [3.8, 4) is 11.8 Å². The lowest BCUT2D eigenvalue weighted by Gasteiger charge is -2.09. The van der Waals surface area contributed by atoms with Gasteiger partial charge in [0, 0.05) is 6.42 Å². The molecule has 1 heterocycles. The monoisotopic (exact) mass is 258 g/mol. The first-order valence-electron chi connectivity index (χ1n) is 5.84. The topological polar surface area (TPSA) is 57.4 Å². The third-order valence-corrected chi connectivity index (χ3v) is 3.07. The molecule has 0 aliphatic rings. The second-order valence-electron chi connectivity index (χ2n) is 4.14. The molecule has 0 aliphatic carbocycles. The smallest absolute Gasteiger partial charge is 0.199 e. The van der Waals surface area contributed by atoms with Crippen LogP contribution in [-0.4, -0.2) is 14.8 Å². The van der Waals surface area contributed by atoms with E-state index in [4.69, 9.17) is 17.5 Å². The summed E-state index contributed by atoms with van der Waals surface area (Å²) >= 11 is 5.27. The van der Waals surface area contributed by atoms with Gasteiger partial charge in [-0.05, 0) is 43.3 Å². The van der Waals surface area contributed by atoms with Crippen LogP contribution in [0.4, 0.5) is 0 Å². The van der Waals surface area contributed by atoms with Crippen LogP contribution >= 0.6 is 12.2 Å². The van der Waals surface area contributed by atoms with Gasteiger partial charge in [-0.1, -0.05) is 13.0 Å². The molecule has 92 valence electrons. The zero-order valence-electron chi connectivity index (χ0n) is 10.4. The molecule has 0 spiro atoms. The molecule has 5 heteroatoms. The normalized spacial score (nSPS) is 10.3. The summed E-state index contributed by atoms with van der Waals surface area (Å²) in [7, 11) is 0. The molecular formula is C13H14N4S. The maximum atomic E-state index is 8.98. The van der Waals surface area contributed by atoms with Gasteiger partial charge in [0.2, 0.25) is 0 Å². The predicted octanol–water partition coefficient (Wildman–Crippen LogP) is 3.06. The van der Waals surface area contributed by atoms with Crippen LogP contribution in [0.25, 0.3) is 5.69 Å². The van der Waals surface area contributed by atoms with Crippen LogP contribution in [0.15, 0.2) is 18.2 Å². The van der Waals surface area contributed by atoms with Crippen molar-refractivity contribution < 1.29 is 0 Å². The number of nitrogens with one attached hydrogen (secondary N) is 1. The minimum Gasteiger partial charge on any atom is -0.272 e. The van der Waals surface area contributed by atoms with E-state index in [0.717, 1.165) is 29.9 Å². The average Bonchev–Trinajstić information content (AvgIpc) is 2.72. The van der Waals surface area contributed by atoms with Gasteiger partial charge >= 0.3 is 0 Å². The van der Waals surface area contributed by atoms with Crippen LogP contribution in [0, 0.1) is 23.0 Å². The number of nitrogens with zero attached hydrogens (tertiary/aromatic N) is 3. The molecule has 0 radical (unpaired) electrons. The van der Waals surface area contributed by atoms with Crippen molar-refractivity contribution in [3.05, 3.63) is 39.9 Å². The molecular weight excluding hydrogens is 244 g/mol. The summed E-state index contributed by atoms with van der Waals surface area (Å²) in [4.78, 5) is 0. The van der Waals surface area contributed by atoms with E-state index in [1.807, 2.05) is 29.7 Å². The van der Waals surface area contributed by atoms with Crippen LogP contribution in [0.3, 0.4) is 0 Å². The molecule has 0 amide bonds. The summed E-state index contributed by atoms with van der Waals surface area (Å²) in [6, 6.07) is 7.73. The summed E-state index contributed by atoms with van der Waals surface area (Å²) in [6.45, 7) is 4.10. The second kappa shape index (κ2) is 5.15. The van der Waals surface area contributed by atoms with Gasteiger partial charge in [0.05, 0.1) is 17.3 Å². The van der Waals surface area contributed by atoms with Gasteiger partial charge in [-0.3, -0.25) is 9.67 Å². The van der Waals surface area contributed by atoms with E-state index in [0.29, 0.717) is 10.3 Å². The molecule has 1 aromatic carbocycles. The first-order valence-corrected chi connectivity index (χ1v) is 6.25. The summed E-state index contributed by atoms with van der Waals surface area (Å²) in [6.07, 6.45) is 1.85. The number of H-pyrrole nitrogens is 1. The standard InChI is InChI=1S/C13H14N4S/c1-3-4-12-15-16-13(18)17(12)11-7-10(8-14)6-5-9(11)2/h5-7H,3-4H2,1-2H3,(H,16,18). The Labute approximate surface area is 111 Å². The Morgan fingerprint density at radius 3 is 2.94 bits per heavy atom. The zero-order valence-corrected chi connectivity index (χ0v) is 11.2. The molecule has 2 aromatic rings. The Morgan fingerprint density at radius 1 is 1.50 bits per heavy atom. The molecule has 0 atom stereocenters. The van der Waals surface area contributed by atoms with E-state index >= 15 is 0 Å². The van der Waals surface area contributed by atoms with Crippen LogP contribution in [0.1, 0.15) is 30.3 Å². The Morgan fingerprint density at radius 2 is 2.28 bits per heavy atom. The van der Waals surface area contributed by atoms with Gasteiger partial charge < -0.3 is 0 Å². The van der Waals surface area contributed by atoms with Gasteiger partial charge in [-0.15, -0.1) is 0 Å². The van der Waals surface area contributed by atoms with Gasteiger partial charge in [-0.25, -0.2) is 0 Å². The number of hydrogen-bond acceptors (Lipinski definition) is 3. The molecule has 0 bridgehead atoms. The number of rotatable bonds is 3. The lowest BCUT2D eigenvalue weighted by Crippen LogP contribution is -2.03. The summed E-state index contributed by atoms with van der Waals surface area (Å²) in [5.74, 6) is 0.903. The van der Waals surface area contributed by atoms with E-state index < -0.39 is 0 Å². The Kier molecular flexibility index (Phi) is 3.58. The van der Waals surface area contributed by atoms with Crippen LogP contribution in [0.2, 0.25) is 0 Å². The highest BCUT2D eigenvalue weighted by molar-refractivity contribution is 7.71. The van der Waals surface area contributed by atoms with Crippen LogP contribution in [0.5, 0.6) is 0 Å². The van der Waals surface area contributed by atoms with Crippen molar-refractivity contribution in [1.82, 2.24) is 14.8 Å². The first kappa shape index (κ1) is 12.5. The van der Waals surface area contributed by atoms with Gasteiger partial charge in [0.25, 0.3) is 0 Å². The highest BCUT2D eigenvalue weighted by Gasteiger charge is 2.10. The van der Waals surface area contributed by atoms with Crippen molar-refractivity contribution in [2.75, 3.05) is 0 Å². The summed E-state index contributed by atoms with van der Waals surface area (Å²) in [5.41, 5.74) is 2.63. The molecule has 1 N–H and O–H groups in total. The number of aromatic nitrogens is 3. The quantitative estimate of drug-likeness (QED) is 0.861. The fraction of sp³-hybridized carbons (Fsp3) is 0.308. The Balaban J connectivity index is 2.65. The maximum Gasteiger partial charge on any atom is 0.199 e. The van der Waals surface area contributed by atoms with E-state index in [1.54, 1.807) is 0 Å². The minimum absolute atomic E-state index is 0.566. The highest BCUT2D eigenvalue weighted by atomic mass is 32.1. The lowest BCUT2D eigenvalue weighted by molar-refractivity contribution is 0.799. The Bertz CT molecular complexity index is 660. The van der Waals surface area contributed by atoms with E-state index in [-0.39, 0.29) is 0 Å². The van der Waals surface area contributed by atoms with Crippen molar-refractivity contribution >= 4 is 12.2 Å². The van der Waals surface area contributed by atoms with Crippen molar-refractivity contribution in [3.63, 3.8) is 0 Å². The third kappa shape index (κ3) is 2.20. The van der Waals surface area contributed by atoms with E-state index in [9.17, 15) is 0 Å². The Hall–Kier alpha value is -1.93. The molecule has 0 saturated heterocycles. The van der Waals surface area contributed by atoms with Crippen molar-refractivity contribution in [2.45, 2.75) is 26.7 Å². The fourth-order valence-corrected chi connectivity index (χ4v) is 2.14. The molecule has 0 aliphatic heterocycles. The molecule has 18 heavy (non-hydrogen) atoms. The SMILES string of the molecule is CCCc1n[nH]c(=S)n1-c1cc(C#N)ccc1C. The number of aryl methyl sites for hydroxylation is 2. The van der Waals surface area contributed by atoms with Gasteiger partial charge in [0.15, 0.2) is 4.77 Å².